The Morgan fingerprint density at radius 2 is 2.21 bits per heavy atom. The van der Waals surface area contributed by atoms with E-state index in [1.165, 1.54) is 6.07 Å². The van der Waals surface area contributed by atoms with Crippen LogP contribution < -0.4 is 15.6 Å². The standard InChI is InChI=1S/C20H22N4O3S/c1-2-18-22-23-20(28-18)24-9-5-6-13(12-24)11-21-19(26)17-10-15(25)14-7-3-4-8-16(14)27-17/h3-4,7-8,10,13H,2,5-6,9,11-12H2,1H3,(H,21,26). The fourth-order valence-electron chi connectivity index (χ4n) is 3.46. The Morgan fingerprint density at radius 3 is 3.04 bits per heavy atom. The number of anilines is 1. The predicted octanol–water partition coefficient (Wildman–Crippen LogP) is 2.85. The Bertz CT molecular complexity index is 1050. The van der Waals surface area contributed by atoms with Crippen molar-refractivity contribution in [3.63, 3.8) is 0 Å². The molecular weight excluding hydrogens is 376 g/mol. The van der Waals surface area contributed by atoms with E-state index in [0.717, 1.165) is 42.5 Å². The lowest BCUT2D eigenvalue weighted by atomic mass is 9.98. The van der Waals surface area contributed by atoms with Gasteiger partial charge in [0.2, 0.25) is 5.13 Å². The zero-order valence-corrected chi connectivity index (χ0v) is 16.5. The maximum absolute atomic E-state index is 12.5. The van der Waals surface area contributed by atoms with Crippen LogP contribution in [0.3, 0.4) is 0 Å². The molecule has 2 aromatic heterocycles. The molecule has 3 heterocycles. The fourth-order valence-corrected chi connectivity index (χ4v) is 4.27. The van der Waals surface area contributed by atoms with Crippen LogP contribution in [-0.4, -0.2) is 35.7 Å². The predicted molar refractivity (Wildman–Crippen MR) is 109 cm³/mol. The lowest BCUT2D eigenvalue weighted by molar-refractivity contribution is 0.0918. The monoisotopic (exact) mass is 398 g/mol. The lowest BCUT2D eigenvalue weighted by Gasteiger charge is -2.32. The highest BCUT2D eigenvalue weighted by atomic mass is 32.1. The first kappa shape index (κ1) is 18.6. The number of piperidine rings is 1. The number of aromatic nitrogens is 2. The number of amides is 1. The van der Waals surface area contributed by atoms with Gasteiger partial charge in [0, 0.05) is 25.7 Å². The smallest absolute Gasteiger partial charge is 0.287 e. The van der Waals surface area contributed by atoms with Crippen LogP contribution in [0.1, 0.15) is 35.3 Å². The Hall–Kier alpha value is -2.74. The molecule has 1 atom stereocenters. The number of carbonyl (C=O) groups is 1. The minimum Gasteiger partial charge on any atom is -0.451 e. The summed E-state index contributed by atoms with van der Waals surface area (Å²) < 4.78 is 5.61. The highest BCUT2D eigenvalue weighted by molar-refractivity contribution is 7.15. The van der Waals surface area contributed by atoms with Gasteiger partial charge < -0.3 is 14.6 Å². The van der Waals surface area contributed by atoms with Crippen molar-refractivity contribution in [2.24, 2.45) is 5.92 Å². The molecule has 0 spiro atoms. The third kappa shape index (κ3) is 3.91. The molecule has 146 valence electrons. The van der Waals surface area contributed by atoms with E-state index in [-0.39, 0.29) is 17.1 Å². The molecule has 4 rings (SSSR count). The third-order valence-corrected chi connectivity index (χ3v) is 6.09. The zero-order chi connectivity index (χ0) is 19.5. The fraction of sp³-hybridized carbons (Fsp3) is 0.400. The van der Waals surface area contributed by atoms with Gasteiger partial charge in [-0.1, -0.05) is 30.4 Å². The second-order valence-electron chi connectivity index (χ2n) is 6.97. The SMILES string of the molecule is CCc1nnc(N2CCCC(CNC(=O)c3cc(=O)c4ccccc4o3)C2)s1. The maximum Gasteiger partial charge on any atom is 0.287 e. The summed E-state index contributed by atoms with van der Waals surface area (Å²) in [6.45, 7) is 4.40. The van der Waals surface area contributed by atoms with Crippen LogP contribution in [0.4, 0.5) is 5.13 Å². The van der Waals surface area contributed by atoms with Crippen molar-refractivity contribution < 1.29 is 9.21 Å². The number of fused-ring (bicyclic) bond motifs is 1. The van der Waals surface area contributed by atoms with Gasteiger partial charge in [0.25, 0.3) is 5.91 Å². The van der Waals surface area contributed by atoms with Crippen molar-refractivity contribution in [3.05, 3.63) is 51.3 Å². The third-order valence-electron chi connectivity index (χ3n) is 4.96. The second-order valence-corrected chi connectivity index (χ2v) is 8.01. The summed E-state index contributed by atoms with van der Waals surface area (Å²) in [5, 5.41) is 13.9. The van der Waals surface area contributed by atoms with E-state index in [9.17, 15) is 9.59 Å². The van der Waals surface area contributed by atoms with E-state index in [0.29, 0.717) is 23.4 Å². The first-order valence-corrected chi connectivity index (χ1v) is 10.3. The van der Waals surface area contributed by atoms with Gasteiger partial charge in [-0.25, -0.2) is 0 Å². The summed E-state index contributed by atoms with van der Waals surface area (Å²) in [5.41, 5.74) is 0.214. The van der Waals surface area contributed by atoms with Crippen molar-refractivity contribution in [1.82, 2.24) is 15.5 Å². The molecular formula is C20H22N4O3S. The largest absolute Gasteiger partial charge is 0.451 e. The topological polar surface area (TPSA) is 88.3 Å². The number of hydrogen-bond donors (Lipinski definition) is 1. The van der Waals surface area contributed by atoms with Crippen LogP contribution in [-0.2, 0) is 6.42 Å². The molecule has 0 bridgehead atoms. The van der Waals surface area contributed by atoms with Gasteiger partial charge in [-0.15, -0.1) is 10.2 Å². The number of rotatable bonds is 5. The van der Waals surface area contributed by atoms with Crippen molar-refractivity contribution in [2.45, 2.75) is 26.2 Å². The number of hydrogen-bond acceptors (Lipinski definition) is 7. The highest BCUT2D eigenvalue weighted by Gasteiger charge is 2.23. The summed E-state index contributed by atoms with van der Waals surface area (Å²) in [6.07, 6.45) is 2.98. The molecule has 0 saturated carbocycles. The summed E-state index contributed by atoms with van der Waals surface area (Å²) >= 11 is 1.63. The van der Waals surface area contributed by atoms with E-state index in [1.54, 1.807) is 35.6 Å². The summed E-state index contributed by atoms with van der Waals surface area (Å²) in [4.78, 5) is 26.9. The molecule has 28 heavy (non-hydrogen) atoms. The summed E-state index contributed by atoms with van der Waals surface area (Å²) in [6, 6.07) is 8.20. The van der Waals surface area contributed by atoms with Crippen LogP contribution in [0, 0.1) is 5.92 Å². The molecule has 1 saturated heterocycles. The molecule has 1 aromatic carbocycles. The first-order valence-electron chi connectivity index (χ1n) is 9.52. The zero-order valence-electron chi connectivity index (χ0n) is 15.7. The normalized spacial score (nSPS) is 17.0. The van der Waals surface area contributed by atoms with Crippen LogP contribution >= 0.6 is 11.3 Å². The number of benzene rings is 1. The molecule has 1 amide bonds. The number of para-hydroxylation sites is 1. The summed E-state index contributed by atoms with van der Waals surface area (Å²) in [7, 11) is 0. The van der Waals surface area contributed by atoms with Gasteiger partial charge in [-0.2, -0.15) is 0 Å². The maximum atomic E-state index is 12.5. The molecule has 1 unspecified atom stereocenters. The Balaban J connectivity index is 1.40. The lowest BCUT2D eigenvalue weighted by Crippen LogP contribution is -2.41. The number of carbonyl (C=O) groups excluding carboxylic acids is 1. The van der Waals surface area contributed by atoms with Crippen LogP contribution in [0.2, 0.25) is 0 Å². The van der Waals surface area contributed by atoms with Crippen LogP contribution in [0.25, 0.3) is 11.0 Å². The van der Waals surface area contributed by atoms with Crippen LogP contribution in [0.15, 0.2) is 39.5 Å². The molecule has 1 N–H and O–H groups in total. The average molecular weight is 398 g/mol. The van der Waals surface area contributed by atoms with Crippen molar-refractivity contribution in [1.29, 1.82) is 0 Å². The molecule has 0 radical (unpaired) electrons. The Labute approximate surface area is 166 Å². The minimum absolute atomic E-state index is 0.0491. The molecule has 1 fully saturated rings. The Morgan fingerprint density at radius 1 is 1.36 bits per heavy atom. The second kappa shape index (κ2) is 8.10. The molecule has 3 aromatic rings. The molecule has 8 heteroatoms. The molecule has 1 aliphatic rings. The number of nitrogens with one attached hydrogen (secondary N) is 1. The molecule has 0 aliphatic carbocycles. The van der Waals surface area contributed by atoms with Crippen molar-refractivity contribution in [2.75, 3.05) is 24.5 Å². The van der Waals surface area contributed by atoms with Gasteiger partial charge in [-0.3, -0.25) is 9.59 Å². The molecule has 7 nitrogen and oxygen atoms in total. The van der Waals surface area contributed by atoms with E-state index in [1.807, 2.05) is 0 Å². The number of nitrogens with zero attached hydrogens (tertiary/aromatic N) is 3. The van der Waals surface area contributed by atoms with E-state index in [2.05, 4.69) is 27.3 Å². The molecule has 1 aliphatic heterocycles. The Kier molecular flexibility index (Phi) is 5.38. The number of aryl methyl sites for hydroxylation is 1. The van der Waals surface area contributed by atoms with Gasteiger partial charge >= 0.3 is 0 Å². The minimum atomic E-state index is -0.357. The van der Waals surface area contributed by atoms with E-state index >= 15 is 0 Å². The quantitative estimate of drug-likeness (QED) is 0.711. The first-order chi connectivity index (χ1) is 13.6. The van der Waals surface area contributed by atoms with Gasteiger partial charge in [0.15, 0.2) is 11.2 Å². The van der Waals surface area contributed by atoms with Gasteiger partial charge in [-0.05, 0) is 37.3 Å². The van der Waals surface area contributed by atoms with E-state index in [4.69, 9.17) is 4.42 Å². The van der Waals surface area contributed by atoms with Gasteiger partial charge in [0.05, 0.1) is 5.39 Å². The van der Waals surface area contributed by atoms with E-state index < -0.39 is 0 Å². The highest BCUT2D eigenvalue weighted by Crippen LogP contribution is 2.26. The average Bonchev–Trinajstić information content (AvgIpc) is 3.21. The summed E-state index contributed by atoms with van der Waals surface area (Å²) in [5.74, 6) is 0.0103. The van der Waals surface area contributed by atoms with Crippen LogP contribution in [0.5, 0.6) is 0 Å². The van der Waals surface area contributed by atoms with Crippen molar-refractivity contribution in [3.8, 4) is 0 Å². The van der Waals surface area contributed by atoms with Gasteiger partial charge in [0.1, 0.15) is 10.6 Å². The van der Waals surface area contributed by atoms with Crippen molar-refractivity contribution >= 4 is 33.3 Å².